The lowest BCUT2D eigenvalue weighted by molar-refractivity contribution is -0.124. The van der Waals surface area contributed by atoms with Crippen LogP contribution in [0.25, 0.3) is 10.9 Å². The Morgan fingerprint density at radius 2 is 1.82 bits per heavy atom. The zero-order valence-corrected chi connectivity index (χ0v) is 22.3. The number of pyridine rings is 1. The van der Waals surface area contributed by atoms with Crippen LogP contribution in [-0.4, -0.2) is 43.6 Å². The van der Waals surface area contributed by atoms with Crippen LogP contribution in [0.15, 0.2) is 59.3 Å². The number of fused-ring (bicyclic) bond motifs is 1. The third-order valence-corrected chi connectivity index (χ3v) is 6.27. The average molecular weight is 533 g/mol. The Bertz CT molecular complexity index is 1480. The summed E-state index contributed by atoms with van der Waals surface area (Å²) in [5.41, 5.74) is 1.72. The normalized spacial score (nSPS) is 12.7. The smallest absolute Gasteiger partial charge is 0.358 e. The first-order valence-corrected chi connectivity index (χ1v) is 12.6. The summed E-state index contributed by atoms with van der Waals surface area (Å²) in [5, 5.41) is 18.8. The number of carboxylic acids is 1. The Balaban J connectivity index is 1.61. The molecule has 0 spiro atoms. The number of nitrogens with zero attached hydrogens (tertiary/aromatic N) is 3. The van der Waals surface area contributed by atoms with Gasteiger partial charge in [-0.25, -0.2) is 19.6 Å². The summed E-state index contributed by atoms with van der Waals surface area (Å²) in [6, 6.07) is 10.7. The van der Waals surface area contributed by atoms with E-state index in [9.17, 15) is 19.5 Å². The molecule has 0 fully saturated rings. The van der Waals surface area contributed by atoms with Gasteiger partial charge in [-0.15, -0.1) is 0 Å². The first-order valence-electron chi connectivity index (χ1n) is 12.6. The number of oxazole rings is 1. The lowest BCUT2D eigenvalue weighted by Gasteiger charge is -2.23. The highest BCUT2D eigenvalue weighted by Gasteiger charge is 2.29. The van der Waals surface area contributed by atoms with Crippen LogP contribution in [0, 0.1) is 12.8 Å². The molecular weight excluding hydrogens is 500 g/mol. The third kappa shape index (κ3) is 6.61. The highest BCUT2D eigenvalue weighted by molar-refractivity contribution is 5.93. The molecule has 3 heterocycles. The fourth-order valence-corrected chi connectivity index (χ4v) is 4.50. The number of nitrogens with one attached hydrogen (secondary N) is 3. The number of aromatic carboxylic acids is 1. The zero-order valence-electron chi connectivity index (χ0n) is 22.3. The summed E-state index contributed by atoms with van der Waals surface area (Å²) in [5.74, 6) is -1.01. The van der Waals surface area contributed by atoms with E-state index in [4.69, 9.17) is 4.42 Å². The van der Waals surface area contributed by atoms with E-state index >= 15 is 0 Å². The summed E-state index contributed by atoms with van der Waals surface area (Å²) >= 11 is 0. The Labute approximate surface area is 225 Å². The van der Waals surface area contributed by atoms with Crippen molar-refractivity contribution < 1.29 is 23.9 Å². The van der Waals surface area contributed by atoms with Gasteiger partial charge < -0.3 is 24.7 Å². The van der Waals surface area contributed by atoms with Crippen molar-refractivity contribution in [3.8, 4) is 0 Å². The van der Waals surface area contributed by atoms with Gasteiger partial charge in [-0.3, -0.25) is 10.1 Å². The van der Waals surface area contributed by atoms with Crippen LogP contribution in [0.2, 0.25) is 0 Å². The number of benzene rings is 1. The minimum atomic E-state index is -1.22. The van der Waals surface area contributed by atoms with Gasteiger partial charge in [0.2, 0.25) is 11.8 Å². The largest absolute Gasteiger partial charge is 0.476 e. The second kappa shape index (κ2) is 11.8. The minimum absolute atomic E-state index is 0.0763. The van der Waals surface area contributed by atoms with Crippen molar-refractivity contribution in [1.82, 2.24) is 25.2 Å². The molecule has 11 nitrogen and oxygen atoms in total. The van der Waals surface area contributed by atoms with E-state index in [0.717, 1.165) is 16.5 Å². The number of hydrogen-bond acceptors (Lipinski definition) is 6. The average Bonchev–Trinajstić information content (AvgIpc) is 3.43. The molecule has 39 heavy (non-hydrogen) atoms. The quantitative estimate of drug-likeness (QED) is 0.239. The standard InChI is InChI=1S/C28H32N6O5/c1-16(2)13-20(31-28(38)32-23-11-7-8-12-29-23)25(35)30-21(26-33-24(27(36)37)17(3)39-26)14-18-15-34(4)22-10-6-5-9-19(18)22/h5-12,15-16,20-21H,13-14H2,1-4H3,(H,30,35)(H,36,37)(H2,29,31,32,38)/t20?,21-/m1/s1. The lowest BCUT2D eigenvalue weighted by Crippen LogP contribution is -2.49. The molecule has 0 saturated heterocycles. The molecule has 0 bridgehead atoms. The van der Waals surface area contributed by atoms with E-state index in [-0.39, 0.29) is 23.3 Å². The summed E-state index contributed by atoms with van der Waals surface area (Å²) < 4.78 is 7.71. The molecule has 0 aliphatic heterocycles. The molecule has 1 unspecified atom stereocenters. The molecule has 3 amide bonds. The van der Waals surface area contributed by atoms with E-state index in [0.29, 0.717) is 18.7 Å². The Kier molecular flexibility index (Phi) is 8.28. The second-order valence-electron chi connectivity index (χ2n) is 9.81. The third-order valence-electron chi connectivity index (χ3n) is 6.27. The number of carboxylic acid groups (broad SMARTS) is 1. The molecule has 4 N–H and O–H groups in total. The Hall–Kier alpha value is -4.67. The van der Waals surface area contributed by atoms with Gasteiger partial charge in [0.15, 0.2) is 5.69 Å². The number of rotatable bonds is 10. The maximum atomic E-state index is 13.6. The fourth-order valence-electron chi connectivity index (χ4n) is 4.50. The molecule has 4 rings (SSSR count). The van der Waals surface area contributed by atoms with Gasteiger partial charge in [0, 0.05) is 36.8 Å². The van der Waals surface area contributed by atoms with E-state index in [2.05, 4.69) is 25.9 Å². The number of hydrogen-bond donors (Lipinski definition) is 4. The predicted molar refractivity (Wildman–Crippen MR) is 145 cm³/mol. The number of aryl methyl sites for hydroxylation is 2. The highest BCUT2D eigenvalue weighted by Crippen LogP contribution is 2.27. The topological polar surface area (TPSA) is 151 Å². The van der Waals surface area contributed by atoms with Crippen molar-refractivity contribution in [1.29, 1.82) is 0 Å². The van der Waals surface area contributed by atoms with Gasteiger partial charge in [-0.2, -0.15) is 0 Å². The van der Waals surface area contributed by atoms with Crippen molar-refractivity contribution in [3.05, 3.63) is 77.8 Å². The monoisotopic (exact) mass is 532 g/mol. The van der Waals surface area contributed by atoms with E-state index in [1.807, 2.05) is 55.9 Å². The Morgan fingerprint density at radius 1 is 1.08 bits per heavy atom. The highest BCUT2D eigenvalue weighted by atomic mass is 16.4. The molecule has 204 valence electrons. The van der Waals surface area contributed by atoms with Crippen molar-refractivity contribution in [3.63, 3.8) is 0 Å². The zero-order chi connectivity index (χ0) is 28.1. The molecule has 0 radical (unpaired) electrons. The predicted octanol–water partition coefficient (Wildman–Crippen LogP) is 4.20. The maximum Gasteiger partial charge on any atom is 0.358 e. The van der Waals surface area contributed by atoms with E-state index < -0.39 is 30.0 Å². The van der Waals surface area contributed by atoms with Gasteiger partial charge in [-0.05, 0) is 43.0 Å². The molecule has 0 saturated carbocycles. The van der Waals surface area contributed by atoms with E-state index in [1.54, 1.807) is 24.4 Å². The van der Waals surface area contributed by atoms with Crippen LogP contribution in [-0.2, 0) is 18.3 Å². The number of para-hydroxylation sites is 1. The van der Waals surface area contributed by atoms with Crippen molar-refractivity contribution >= 4 is 34.6 Å². The molecule has 1 aromatic carbocycles. The molecule has 3 aromatic heterocycles. The van der Waals surface area contributed by atoms with Gasteiger partial charge in [0.1, 0.15) is 23.7 Å². The van der Waals surface area contributed by atoms with Gasteiger partial charge in [0.05, 0.1) is 0 Å². The van der Waals surface area contributed by atoms with E-state index in [1.165, 1.54) is 6.92 Å². The molecule has 0 aliphatic rings. The number of amides is 3. The summed E-state index contributed by atoms with van der Waals surface area (Å²) in [6.07, 6.45) is 4.17. The fraction of sp³-hybridized carbons (Fsp3) is 0.321. The maximum absolute atomic E-state index is 13.6. The number of anilines is 1. The molecule has 4 aromatic rings. The van der Waals surface area contributed by atoms with Gasteiger partial charge >= 0.3 is 12.0 Å². The van der Waals surface area contributed by atoms with Gasteiger partial charge in [0.25, 0.3) is 0 Å². The molecule has 2 atom stereocenters. The first-order chi connectivity index (χ1) is 18.6. The lowest BCUT2D eigenvalue weighted by atomic mass is 10.0. The molecular formula is C28H32N6O5. The first kappa shape index (κ1) is 27.4. The van der Waals surface area contributed by atoms with Crippen LogP contribution in [0.4, 0.5) is 10.6 Å². The number of aromatic nitrogens is 3. The second-order valence-corrected chi connectivity index (χ2v) is 9.81. The van der Waals surface area contributed by atoms with Crippen LogP contribution in [0.5, 0.6) is 0 Å². The number of carbonyl (C=O) groups excluding carboxylic acids is 2. The summed E-state index contributed by atoms with van der Waals surface area (Å²) in [6.45, 7) is 5.41. The minimum Gasteiger partial charge on any atom is -0.476 e. The van der Waals surface area contributed by atoms with Crippen LogP contribution in [0.3, 0.4) is 0 Å². The van der Waals surface area contributed by atoms with Crippen LogP contribution in [0.1, 0.15) is 54.0 Å². The number of carbonyl (C=O) groups is 3. The summed E-state index contributed by atoms with van der Waals surface area (Å²) in [4.78, 5) is 46.2. The molecule has 0 aliphatic carbocycles. The summed E-state index contributed by atoms with van der Waals surface area (Å²) in [7, 11) is 1.93. The van der Waals surface area contributed by atoms with Gasteiger partial charge in [-0.1, -0.05) is 38.1 Å². The number of urea groups is 1. The SMILES string of the molecule is Cc1oc([C@@H](Cc2cn(C)c3ccccc23)NC(=O)C(CC(C)C)NC(=O)Nc2ccccn2)nc1C(=O)O. The Morgan fingerprint density at radius 3 is 2.49 bits per heavy atom. The van der Waals surface area contributed by atoms with Crippen molar-refractivity contribution in [2.45, 2.75) is 45.7 Å². The van der Waals surface area contributed by atoms with Crippen LogP contribution >= 0.6 is 0 Å². The van der Waals surface area contributed by atoms with Crippen molar-refractivity contribution in [2.24, 2.45) is 13.0 Å². The molecule has 11 heteroatoms. The van der Waals surface area contributed by atoms with Crippen LogP contribution < -0.4 is 16.0 Å². The van der Waals surface area contributed by atoms with Crippen molar-refractivity contribution in [2.75, 3.05) is 5.32 Å².